The van der Waals surface area contributed by atoms with E-state index in [1.165, 1.54) is 0 Å². The molecule has 1 aliphatic rings. The van der Waals surface area contributed by atoms with Crippen LogP contribution in [0.5, 0.6) is 0 Å². The highest BCUT2D eigenvalue weighted by molar-refractivity contribution is 7.92. The van der Waals surface area contributed by atoms with Gasteiger partial charge in [-0.2, -0.15) is 0 Å². The molecule has 1 fully saturated rings. The van der Waals surface area contributed by atoms with Gasteiger partial charge in [-0.15, -0.1) is 0 Å². The molecule has 1 aromatic carbocycles. The molecule has 0 saturated carbocycles. The summed E-state index contributed by atoms with van der Waals surface area (Å²) in [4.78, 5) is 0. The second kappa shape index (κ2) is 5.90. The number of nitrogens with one attached hydrogen (secondary N) is 2. The summed E-state index contributed by atoms with van der Waals surface area (Å²) in [6.07, 6.45) is 2.56. The summed E-state index contributed by atoms with van der Waals surface area (Å²) in [6.45, 7) is 1.88. The summed E-state index contributed by atoms with van der Waals surface area (Å²) in [5, 5.41) is 13.6. The van der Waals surface area contributed by atoms with E-state index < -0.39 is 16.1 Å². The van der Waals surface area contributed by atoms with Crippen molar-refractivity contribution in [2.24, 2.45) is 5.92 Å². The second-order valence-corrected chi connectivity index (χ2v) is 6.78. The lowest BCUT2D eigenvalue weighted by Crippen LogP contribution is -2.30. The van der Waals surface area contributed by atoms with E-state index in [0.29, 0.717) is 5.69 Å². The lowest BCUT2D eigenvalue weighted by molar-refractivity contribution is 0.0889. The van der Waals surface area contributed by atoms with Gasteiger partial charge in [0.15, 0.2) is 0 Å². The number of hydrogen-bond acceptors (Lipinski definition) is 4. The van der Waals surface area contributed by atoms with E-state index >= 15 is 0 Å². The van der Waals surface area contributed by atoms with Gasteiger partial charge in [-0.1, -0.05) is 12.1 Å². The summed E-state index contributed by atoms with van der Waals surface area (Å²) in [5.74, 6) is 0.273. The molecule has 1 aromatic rings. The van der Waals surface area contributed by atoms with Crippen molar-refractivity contribution in [2.75, 3.05) is 24.1 Å². The van der Waals surface area contributed by atoms with Crippen molar-refractivity contribution in [3.05, 3.63) is 29.8 Å². The van der Waals surface area contributed by atoms with E-state index in [1.807, 2.05) is 0 Å². The summed E-state index contributed by atoms with van der Waals surface area (Å²) in [5.41, 5.74) is 1.36. The number of piperidine rings is 1. The minimum absolute atomic E-state index is 0.273. The second-order valence-electron chi connectivity index (χ2n) is 5.03. The van der Waals surface area contributed by atoms with Crippen LogP contribution in [0, 0.1) is 5.92 Å². The number of aliphatic hydroxyl groups is 1. The summed E-state index contributed by atoms with van der Waals surface area (Å²) >= 11 is 0. The van der Waals surface area contributed by atoms with Crippen LogP contribution in [0.3, 0.4) is 0 Å². The number of benzene rings is 1. The van der Waals surface area contributed by atoms with Gasteiger partial charge in [0.05, 0.1) is 12.4 Å². The zero-order valence-electron chi connectivity index (χ0n) is 11.0. The van der Waals surface area contributed by atoms with Crippen molar-refractivity contribution >= 4 is 15.7 Å². The average molecular weight is 284 g/mol. The normalized spacial score (nSPS) is 19.1. The van der Waals surface area contributed by atoms with Crippen molar-refractivity contribution in [1.29, 1.82) is 0 Å². The molecule has 0 spiro atoms. The van der Waals surface area contributed by atoms with Crippen LogP contribution in [0.1, 0.15) is 24.5 Å². The summed E-state index contributed by atoms with van der Waals surface area (Å²) in [6, 6.07) is 6.92. The van der Waals surface area contributed by atoms with Gasteiger partial charge < -0.3 is 10.4 Å². The predicted octanol–water partition coefficient (Wildman–Crippen LogP) is 1.09. The van der Waals surface area contributed by atoms with E-state index in [2.05, 4.69) is 10.0 Å². The number of anilines is 1. The van der Waals surface area contributed by atoms with Crippen LogP contribution in [0.25, 0.3) is 0 Å². The Morgan fingerprint density at radius 3 is 2.37 bits per heavy atom. The third kappa shape index (κ3) is 4.19. The first-order valence-corrected chi connectivity index (χ1v) is 8.31. The van der Waals surface area contributed by atoms with E-state index in [1.54, 1.807) is 24.3 Å². The fourth-order valence-corrected chi connectivity index (χ4v) is 2.96. The molecule has 0 bridgehead atoms. The molecule has 2 rings (SSSR count). The quantitative estimate of drug-likeness (QED) is 0.773. The SMILES string of the molecule is CS(=O)(=O)Nc1ccc(C(O)C2CCNCC2)cc1. The largest absolute Gasteiger partial charge is 0.388 e. The first-order chi connectivity index (χ1) is 8.96. The van der Waals surface area contributed by atoms with Gasteiger partial charge in [0.1, 0.15) is 0 Å². The lowest BCUT2D eigenvalue weighted by atomic mass is 9.88. The number of sulfonamides is 1. The standard InChI is InChI=1S/C13H20N2O3S/c1-19(17,18)15-12-4-2-10(3-5-12)13(16)11-6-8-14-9-7-11/h2-5,11,13-16H,6-9H2,1H3. The maximum absolute atomic E-state index is 11.1. The van der Waals surface area contributed by atoms with Gasteiger partial charge in [0, 0.05) is 5.69 Å². The molecule has 1 aliphatic heterocycles. The molecule has 19 heavy (non-hydrogen) atoms. The molecule has 1 saturated heterocycles. The summed E-state index contributed by atoms with van der Waals surface area (Å²) in [7, 11) is -3.25. The number of aliphatic hydroxyl groups excluding tert-OH is 1. The molecule has 106 valence electrons. The molecule has 0 amide bonds. The molecule has 5 nitrogen and oxygen atoms in total. The maximum atomic E-state index is 11.1. The van der Waals surface area contributed by atoms with Crippen LogP contribution in [-0.4, -0.2) is 32.9 Å². The summed E-state index contributed by atoms with van der Waals surface area (Å²) < 4.78 is 24.6. The van der Waals surface area contributed by atoms with Gasteiger partial charge in [-0.05, 0) is 49.5 Å². The highest BCUT2D eigenvalue weighted by Gasteiger charge is 2.22. The Kier molecular flexibility index (Phi) is 4.44. The van der Waals surface area contributed by atoms with Crippen molar-refractivity contribution in [3.63, 3.8) is 0 Å². The third-order valence-electron chi connectivity index (χ3n) is 3.39. The molecule has 6 heteroatoms. The minimum Gasteiger partial charge on any atom is -0.388 e. The molecular formula is C13H20N2O3S. The Morgan fingerprint density at radius 2 is 1.84 bits per heavy atom. The van der Waals surface area contributed by atoms with E-state index in [-0.39, 0.29) is 5.92 Å². The Hall–Kier alpha value is -1.11. The Balaban J connectivity index is 2.04. The number of hydrogen-bond donors (Lipinski definition) is 3. The highest BCUT2D eigenvalue weighted by atomic mass is 32.2. The van der Waals surface area contributed by atoms with E-state index in [9.17, 15) is 13.5 Å². The van der Waals surface area contributed by atoms with Crippen LogP contribution < -0.4 is 10.0 Å². The average Bonchev–Trinajstić information content (AvgIpc) is 2.38. The molecule has 1 atom stereocenters. The van der Waals surface area contributed by atoms with Crippen molar-refractivity contribution in [3.8, 4) is 0 Å². The van der Waals surface area contributed by atoms with E-state index in [0.717, 1.165) is 37.8 Å². The fourth-order valence-electron chi connectivity index (χ4n) is 2.39. The fraction of sp³-hybridized carbons (Fsp3) is 0.538. The van der Waals surface area contributed by atoms with Gasteiger partial charge in [-0.3, -0.25) is 4.72 Å². The highest BCUT2D eigenvalue weighted by Crippen LogP contribution is 2.29. The third-order valence-corrected chi connectivity index (χ3v) is 3.99. The van der Waals surface area contributed by atoms with Crippen LogP contribution >= 0.6 is 0 Å². The van der Waals surface area contributed by atoms with Crippen molar-refractivity contribution in [1.82, 2.24) is 5.32 Å². The van der Waals surface area contributed by atoms with Crippen molar-refractivity contribution < 1.29 is 13.5 Å². The van der Waals surface area contributed by atoms with Crippen LogP contribution in [0.15, 0.2) is 24.3 Å². The van der Waals surface area contributed by atoms with Crippen molar-refractivity contribution in [2.45, 2.75) is 18.9 Å². The Labute approximate surface area is 114 Å². The van der Waals surface area contributed by atoms with Crippen LogP contribution in [0.4, 0.5) is 5.69 Å². The topological polar surface area (TPSA) is 78.4 Å². The lowest BCUT2D eigenvalue weighted by Gasteiger charge is -2.27. The minimum atomic E-state index is -3.25. The van der Waals surface area contributed by atoms with Gasteiger partial charge >= 0.3 is 0 Å². The molecule has 0 aliphatic carbocycles. The zero-order chi connectivity index (χ0) is 13.9. The molecule has 1 unspecified atom stereocenters. The molecule has 3 N–H and O–H groups in total. The Bertz CT molecular complexity index is 507. The predicted molar refractivity (Wildman–Crippen MR) is 75.5 cm³/mol. The van der Waals surface area contributed by atoms with Gasteiger partial charge in [-0.25, -0.2) is 8.42 Å². The van der Waals surface area contributed by atoms with Gasteiger partial charge in [0.25, 0.3) is 0 Å². The maximum Gasteiger partial charge on any atom is 0.229 e. The molecule has 0 radical (unpaired) electrons. The number of rotatable bonds is 4. The molecular weight excluding hydrogens is 264 g/mol. The monoisotopic (exact) mass is 284 g/mol. The van der Waals surface area contributed by atoms with Gasteiger partial charge in [0.2, 0.25) is 10.0 Å². The van der Waals surface area contributed by atoms with Crippen LogP contribution in [-0.2, 0) is 10.0 Å². The molecule has 0 aromatic heterocycles. The molecule has 1 heterocycles. The zero-order valence-corrected chi connectivity index (χ0v) is 11.8. The van der Waals surface area contributed by atoms with E-state index in [4.69, 9.17) is 0 Å². The first kappa shape index (κ1) is 14.3. The van der Waals surface area contributed by atoms with Crippen LogP contribution in [0.2, 0.25) is 0 Å². The first-order valence-electron chi connectivity index (χ1n) is 6.42. The smallest absolute Gasteiger partial charge is 0.229 e. The Morgan fingerprint density at radius 1 is 1.26 bits per heavy atom.